The molecular formula is C97H60O2. The summed E-state index contributed by atoms with van der Waals surface area (Å²) in [6, 6.07) is 136. The Morgan fingerprint density at radius 1 is 0.162 bits per heavy atom. The fraction of sp³-hybridized carbons (Fsp3) is 0.0309. The molecule has 0 radical (unpaired) electrons. The lowest BCUT2D eigenvalue weighted by molar-refractivity contribution is 0.435. The van der Waals surface area contributed by atoms with Gasteiger partial charge in [-0.3, -0.25) is 0 Å². The molecule has 4 aliphatic rings. The van der Waals surface area contributed by atoms with Gasteiger partial charge >= 0.3 is 0 Å². The minimum atomic E-state index is -0.796. The molecule has 2 nitrogen and oxygen atoms in total. The number of hydrogen-bond acceptors (Lipinski definition) is 2. The van der Waals surface area contributed by atoms with Crippen LogP contribution in [0.3, 0.4) is 0 Å². The summed E-state index contributed by atoms with van der Waals surface area (Å²) in [5.74, 6) is 3.34. The van der Waals surface area contributed by atoms with Gasteiger partial charge in [-0.2, -0.15) is 0 Å². The van der Waals surface area contributed by atoms with E-state index in [-0.39, 0.29) is 0 Å². The van der Waals surface area contributed by atoms with E-state index in [4.69, 9.17) is 9.47 Å². The number of para-hydroxylation sites is 2. The van der Waals surface area contributed by atoms with Gasteiger partial charge in [-0.15, -0.1) is 0 Å². The molecule has 0 N–H and O–H groups in total. The summed E-state index contributed by atoms with van der Waals surface area (Å²) in [7, 11) is 0. The summed E-state index contributed by atoms with van der Waals surface area (Å²) in [5, 5.41) is 9.66. The largest absolute Gasteiger partial charge is 0.457 e. The van der Waals surface area contributed by atoms with Crippen LogP contribution in [0.4, 0.5) is 0 Å². The Morgan fingerprint density at radius 3 is 0.970 bits per heavy atom. The van der Waals surface area contributed by atoms with Crippen LogP contribution in [0.2, 0.25) is 0 Å². The van der Waals surface area contributed by atoms with E-state index in [1.165, 1.54) is 77.2 Å². The number of hydrogen-bond donors (Lipinski definition) is 0. The van der Waals surface area contributed by atoms with E-state index in [1.807, 2.05) is 0 Å². The van der Waals surface area contributed by atoms with Crippen molar-refractivity contribution in [3.05, 3.63) is 431 Å². The van der Waals surface area contributed by atoms with E-state index >= 15 is 0 Å². The molecule has 1 atom stereocenters. The van der Waals surface area contributed by atoms with Gasteiger partial charge in [-0.1, -0.05) is 334 Å². The van der Waals surface area contributed by atoms with Crippen LogP contribution >= 0.6 is 0 Å². The normalized spacial score (nSPS) is 15.2. The highest BCUT2D eigenvalue weighted by molar-refractivity contribution is 6.23. The highest BCUT2D eigenvalue weighted by atomic mass is 16.5. The van der Waals surface area contributed by atoms with Gasteiger partial charge in [-0.25, -0.2) is 0 Å². The van der Waals surface area contributed by atoms with Crippen molar-refractivity contribution in [3.63, 3.8) is 0 Å². The van der Waals surface area contributed by atoms with E-state index < -0.39 is 16.2 Å². The Hall–Kier alpha value is -12.6. The zero-order valence-electron chi connectivity index (χ0n) is 54.0. The SMILES string of the molecule is c1ccc(C2(c3ccccc3)c3ccccc3Oc3cccc(-c4cccc5c(-c6cccc7c6-c6ccccc6C76c7ccccc7-c7c6c6ccccc6c6ccccc76)c6cccc(-c7cccc8c7C(c7ccccc7)(c7ccccc7)c7ccccc7O8)c6cc45)c32)cc1. The molecule has 2 aliphatic heterocycles. The highest BCUT2D eigenvalue weighted by Gasteiger charge is 2.54. The van der Waals surface area contributed by atoms with Crippen molar-refractivity contribution in [2.75, 3.05) is 0 Å². The lowest BCUT2D eigenvalue weighted by atomic mass is 9.62. The molecule has 1 spiro atoms. The zero-order valence-corrected chi connectivity index (χ0v) is 54.0. The van der Waals surface area contributed by atoms with Crippen LogP contribution in [0.1, 0.15) is 66.8 Å². The van der Waals surface area contributed by atoms with Crippen LogP contribution in [0, 0.1) is 0 Å². The molecule has 17 aromatic rings. The molecule has 2 heteroatoms. The molecule has 2 heterocycles. The average Bonchev–Trinajstić information content (AvgIpc) is 1.52. The maximum Gasteiger partial charge on any atom is 0.132 e. The van der Waals surface area contributed by atoms with Gasteiger partial charge in [-0.05, 0) is 174 Å². The standard InChI is InChI=1S/C97H60O2/c1-5-30-61(31-6-1)95(62-32-7-2-8-33-62)82-53-21-23-56-85(82)98-87-58-28-48-72(92(87)95)67-44-25-46-70-78(67)60-79-68(73-49-29-59-88-93(73)96(63-34-9-3-10-35-63,64-36-11-4-12-37-64)83-54-22-24-57-86(83)99-88)45-26-47-71(79)89(70)77-50-27-55-84-90(77)75-42-17-19-51-80(75)97(84)81-52-20-18-43-76(81)91-69-40-15-13-38-65(69)66-39-14-16-41-74(66)94(91)97/h1-60H. The van der Waals surface area contributed by atoms with Gasteiger partial charge in [0.25, 0.3) is 0 Å². The Kier molecular flexibility index (Phi) is 11.9. The van der Waals surface area contributed by atoms with E-state index in [0.717, 1.165) is 111 Å². The van der Waals surface area contributed by atoms with E-state index in [2.05, 4.69) is 364 Å². The third kappa shape index (κ3) is 7.39. The Balaban J connectivity index is 0.919. The fourth-order valence-electron chi connectivity index (χ4n) is 19.0. The van der Waals surface area contributed by atoms with Gasteiger partial charge < -0.3 is 9.47 Å². The maximum atomic E-state index is 7.28. The van der Waals surface area contributed by atoms with E-state index in [9.17, 15) is 0 Å². The van der Waals surface area contributed by atoms with Gasteiger partial charge in [0.1, 0.15) is 23.0 Å². The smallest absolute Gasteiger partial charge is 0.132 e. The Morgan fingerprint density at radius 2 is 0.475 bits per heavy atom. The third-order valence-electron chi connectivity index (χ3n) is 22.5. The monoisotopic (exact) mass is 1260 g/mol. The van der Waals surface area contributed by atoms with Crippen LogP contribution in [0.5, 0.6) is 23.0 Å². The van der Waals surface area contributed by atoms with Crippen LogP contribution in [0.25, 0.3) is 98.7 Å². The second-order valence-corrected chi connectivity index (χ2v) is 27.0. The molecule has 460 valence electrons. The lowest BCUT2D eigenvalue weighted by Crippen LogP contribution is -2.34. The first kappa shape index (κ1) is 55.6. The van der Waals surface area contributed by atoms with Crippen molar-refractivity contribution in [2.24, 2.45) is 0 Å². The fourth-order valence-corrected chi connectivity index (χ4v) is 19.0. The topological polar surface area (TPSA) is 18.5 Å². The minimum absolute atomic E-state index is 0.663. The average molecular weight is 1260 g/mol. The van der Waals surface area contributed by atoms with Crippen molar-refractivity contribution in [1.82, 2.24) is 0 Å². The summed E-state index contributed by atoms with van der Waals surface area (Å²) in [4.78, 5) is 0. The molecular weight excluding hydrogens is 1200 g/mol. The van der Waals surface area contributed by atoms with Gasteiger partial charge in [0.15, 0.2) is 0 Å². The molecule has 0 fully saturated rings. The molecule has 1 unspecified atom stereocenters. The van der Waals surface area contributed by atoms with Gasteiger partial charge in [0.05, 0.1) is 16.2 Å². The first-order valence-corrected chi connectivity index (χ1v) is 34.5. The molecule has 0 saturated carbocycles. The second kappa shape index (κ2) is 21.2. The number of benzene rings is 17. The molecule has 0 aromatic heterocycles. The van der Waals surface area contributed by atoms with Crippen molar-refractivity contribution < 1.29 is 9.47 Å². The Bertz CT molecular complexity index is 5910. The Labute approximate surface area is 574 Å². The van der Waals surface area contributed by atoms with Crippen LogP contribution < -0.4 is 9.47 Å². The predicted octanol–water partition coefficient (Wildman–Crippen LogP) is 24.6. The summed E-state index contributed by atoms with van der Waals surface area (Å²) in [5.41, 5.74) is 23.9. The predicted molar refractivity (Wildman–Crippen MR) is 406 cm³/mol. The zero-order chi connectivity index (χ0) is 65.0. The van der Waals surface area contributed by atoms with Crippen LogP contribution in [-0.2, 0) is 16.2 Å². The lowest BCUT2D eigenvalue weighted by Gasteiger charge is -2.43. The summed E-state index contributed by atoms with van der Waals surface area (Å²) in [6.07, 6.45) is 0. The molecule has 21 rings (SSSR count). The summed E-state index contributed by atoms with van der Waals surface area (Å²) < 4.78 is 14.6. The minimum Gasteiger partial charge on any atom is -0.457 e. The van der Waals surface area contributed by atoms with E-state index in [0.29, 0.717) is 0 Å². The van der Waals surface area contributed by atoms with Crippen LogP contribution in [-0.4, -0.2) is 0 Å². The molecule has 2 aliphatic carbocycles. The maximum absolute atomic E-state index is 7.28. The van der Waals surface area contributed by atoms with Crippen molar-refractivity contribution in [2.45, 2.75) is 16.2 Å². The number of ether oxygens (including phenoxy) is 2. The molecule has 99 heavy (non-hydrogen) atoms. The van der Waals surface area contributed by atoms with Crippen molar-refractivity contribution in [3.8, 4) is 78.6 Å². The van der Waals surface area contributed by atoms with Crippen molar-refractivity contribution in [1.29, 1.82) is 0 Å². The first-order valence-electron chi connectivity index (χ1n) is 34.5. The third-order valence-corrected chi connectivity index (χ3v) is 22.5. The van der Waals surface area contributed by atoms with Gasteiger partial charge in [0.2, 0.25) is 0 Å². The van der Waals surface area contributed by atoms with Gasteiger partial charge in [0, 0.05) is 22.3 Å². The molecule has 0 saturated heterocycles. The van der Waals surface area contributed by atoms with E-state index in [1.54, 1.807) is 0 Å². The summed E-state index contributed by atoms with van der Waals surface area (Å²) >= 11 is 0. The number of rotatable bonds is 7. The molecule has 0 amide bonds. The van der Waals surface area contributed by atoms with Crippen LogP contribution in [0.15, 0.2) is 364 Å². The first-order chi connectivity index (χ1) is 49.2. The quantitative estimate of drug-likeness (QED) is 0.117. The molecule has 0 bridgehead atoms. The molecule has 17 aromatic carbocycles. The summed E-state index contributed by atoms with van der Waals surface area (Å²) in [6.45, 7) is 0. The second-order valence-electron chi connectivity index (χ2n) is 27.0. The van der Waals surface area contributed by atoms with Crippen molar-refractivity contribution >= 4 is 43.1 Å². The number of fused-ring (bicyclic) bond motifs is 21. The highest BCUT2D eigenvalue weighted by Crippen LogP contribution is 2.68.